The molecule has 114 valence electrons. The van der Waals surface area contributed by atoms with Gasteiger partial charge in [0.05, 0.1) is 7.11 Å². The Labute approximate surface area is 128 Å². The lowest BCUT2D eigenvalue weighted by molar-refractivity contribution is -0.122. The van der Waals surface area contributed by atoms with Crippen molar-refractivity contribution in [2.45, 2.75) is 13.0 Å². The van der Waals surface area contributed by atoms with Crippen LogP contribution in [0.5, 0.6) is 11.5 Å². The van der Waals surface area contributed by atoms with Gasteiger partial charge in [0.25, 0.3) is 5.91 Å². The second kappa shape index (κ2) is 7.26. The van der Waals surface area contributed by atoms with Gasteiger partial charge in [-0.15, -0.1) is 0 Å². The summed E-state index contributed by atoms with van der Waals surface area (Å²) in [7, 11) is 1.57. The molecule has 2 rings (SSSR count). The summed E-state index contributed by atoms with van der Waals surface area (Å²) < 4.78 is 10.6. The van der Waals surface area contributed by atoms with E-state index in [0.717, 1.165) is 6.29 Å². The number of methoxy groups -OCH3 is 1. The molecule has 0 spiro atoms. The summed E-state index contributed by atoms with van der Waals surface area (Å²) >= 11 is 0. The molecule has 1 N–H and O–H groups in total. The van der Waals surface area contributed by atoms with E-state index in [0.29, 0.717) is 22.7 Å². The first kappa shape index (κ1) is 15.6. The van der Waals surface area contributed by atoms with Crippen LogP contribution in [-0.2, 0) is 4.79 Å². The zero-order valence-corrected chi connectivity index (χ0v) is 12.4. The van der Waals surface area contributed by atoms with E-state index < -0.39 is 6.10 Å². The molecule has 5 heteroatoms. The van der Waals surface area contributed by atoms with Crippen LogP contribution >= 0.6 is 0 Å². The Morgan fingerprint density at radius 2 is 1.86 bits per heavy atom. The summed E-state index contributed by atoms with van der Waals surface area (Å²) in [6.45, 7) is 1.66. The lowest BCUT2D eigenvalue weighted by Crippen LogP contribution is -2.30. The average Bonchev–Trinajstić information content (AvgIpc) is 2.55. The molecule has 0 saturated carbocycles. The topological polar surface area (TPSA) is 64.6 Å². The zero-order chi connectivity index (χ0) is 15.9. The first-order chi connectivity index (χ1) is 10.6. The van der Waals surface area contributed by atoms with Crippen molar-refractivity contribution >= 4 is 17.9 Å². The van der Waals surface area contributed by atoms with Crippen LogP contribution in [0.1, 0.15) is 17.3 Å². The molecule has 1 atom stereocenters. The highest BCUT2D eigenvalue weighted by Crippen LogP contribution is 2.18. The average molecular weight is 299 g/mol. The fourth-order valence-corrected chi connectivity index (χ4v) is 1.83. The fourth-order valence-electron chi connectivity index (χ4n) is 1.83. The number of anilines is 1. The molecule has 0 aliphatic rings. The first-order valence-corrected chi connectivity index (χ1v) is 6.79. The van der Waals surface area contributed by atoms with E-state index in [-0.39, 0.29) is 5.91 Å². The number of aldehydes is 1. The molecule has 22 heavy (non-hydrogen) atoms. The van der Waals surface area contributed by atoms with E-state index in [1.54, 1.807) is 62.6 Å². The predicted molar refractivity (Wildman–Crippen MR) is 83.5 cm³/mol. The van der Waals surface area contributed by atoms with E-state index in [1.165, 1.54) is 0 Å². The van der Waals surface area contributed by atoms with Crippen molar-refractivity contribution in [3.63, 3.8) is 0 Å². The minimum atomic E-state index is -0.673. The number of rotatable bonds is 6. The van der Waals surface area contributed by atoms with Crippen molar-refractivity contribution in [1.82, 2.24) is 0 Å². The Bertz CT molecular complexity index is 652. The van der Waals surface area contributed by atoms with Gasteiger partial charge in [0, 0.05) is 17.3 Å². The van der Waals surface area contributed by atoms with Gasteiger partial charge in [0.1, 0.15) is 17.8 Å². The van der Waals surface area contributed by atoms with Gasteiger partial charge in [-0.05, 0) is 43.3 Å². The van der Waals surface area contributed by atoms with Crippen LogP contribution in [0.15, 0.2) is 48.5 Å². The highest BCUT2D eigenvalue weighted by atomic mass is 16.5. The number of hydrogen-bond donors (Lipinski definition) is 1. The fraction of sp³-hybridized carbons (Fsp3) is 0.176. The third kappa shape index (κ3) is 4.09. The highest BCUT2D eigenvalue weighted by molar-refractivity contribution is 5.94. The summed E-state index contributed by atoms with van der Waals surface area (Å²) in [5.41, 5.74) is 1.19. The smallest absolute Gasteiger partial charge is 0.265 e. The van der Waals surface area contributed by atoms with Crippen molar-refractivity contribution < 1.29 is 19.1 Å². The van der Waals surface area contributed by atoms with E-state index in [2.05, 4.69) is 5.32 Å². The van der Waals surface area contributed by atoms with Crippen molar-refractivity contribution in [2.75, 3.05) is 12.4 Å². The van der Waals surface area contributed by atoms with E-state index >= 15 is 0 Å². The summed E-state index contributed by atoms with van der Waals surface area (Å²) in [5, 5.41) is 2.76. The van der Waals surface area contributed by atoms with E-state index in [1.807, 2.05) is 0 Å². The van der Waals surface area contributed by atoms with Gasteiger partial charge in [0.2, 0.25) is 0 Å². The Morgan fingerprint density at radius 1 is 1.14 bits per heavy atom. The monoisotopic (exact) mass is 299 g/mol. The third-order valence-corrected chi connectivity index (χ3v) is 3.04. The quantitative estimate of drug-likeness (QED) is 0.833. The maximum atomic E-state index is 12.1. The summed E-state index contributed by atoms with van der Waals surface area (Å²) in [6.07, 6.45) is 0.0798. The van der Waals surface area contributed by atoms with Crippen LogP contribution in [0, 0.1) is 0 Å². The second-order valence-electron chi connectivity index (χ2n) is 4.67. The molecule has 2 aromatic carbocycles. The molecule has 5 nitrogen and oxygen atoms in total. The Hall–Kier alpha value is -2.82. The molecule has 0 heterocycles. The lowest BCUT2D eigenvalue weighted by Gasteiger charge is -2.15. The minimum Gasteiger partial charge on any atom is -0.497 e. The van der Waals surface area contributed by atoms with Gasteiger partial charge in [-0.25, -0.2) is 0 Å². The predicted octanol–water partition coefficient (Wildman–Crippen LogP) is 2.91. The molecule has 0 aromatic heterocycles. The number of benzene rings is 2. The maximum absolute atomic E-state index is 12.1. The normalized spacial score (nSPS) is 11.4. The SMILES string of the molecule is COc1cccc(NC(=O)C(C)Oc2ccc(C=O)cc2)c1. The maximum Gasteiger partial charge on any atom is 0.265 e. The van der Waals surface area contributed by atoms with Gasteiger partial charge in [-0.2, -0.15) is 0 Å². The molecule has 0 radical (unpaired) electrons. The van der Waals surface area contributed by atoms with Crippen molar-refractivity contribution in [3.8, 4) is 11.5 Å². The number of nitrogens with one attached hydrogen (secondary N) is 1. The van der Waals surface area contributed by atoms with E-state index in [4.69, 9.17) is 9.47 Å². The number of amides is 1. The third-order valence-electron chi connectivity index (χ3n) is 3.04. The Kier molecular flexibility index (Phi) is 5.14. The largest absolute Gasteiger partial charge is 0.497 e. The van der Waals surface area contributed by atoms with Crippen LogP contribution in [0.4, 0.5) is 5.69 Å². The molecular weight excluding hydrogens is 282 g/mol. The van der Waals surface area contributed by atoms with Crippen molar-refractivity contribution in [3.05, 3.63) is 54.1 Å². The molecule has 2 aromatic rings. The van der Waals surface area contributed by atoms with E-state index in [9.17, 15) is 9.59 Å². The minimum absolute atomic E-state index is 0.271. The number of carbonyl (C=O) groups excluding carboxylic acids is 2. The van der Waals surface area contributed by atoms with Crippen LogP contribution in [0.2, 0.25) is 0 Å². The van der Waals surface area contributed by atoms with Crippen LogP contribution in [-0.4, -0.2) is 25.4 Å². The molecule has 0 bridgehead atoms. The molecule has 1 amide bonds. The summed E-state index contributed by atoms with van der Waals surface area (Å²) in [4.78, 5) is 22.7. The second-order valence-corrected chi connectivity index (χ2v) is 4.67. The van der Waals surface area contributed by atoms with Crippen LogP contribution in [0.25, 0.3) is 0 Å². The zero-order valence-electron chi connectivity index (χ0n) is 12.4. The van der Waals surface area contributed by atoms with Crippen molar-refractivity contribution in [2.24, 2.45) is 0 Å². The molecule has 1 unspecified atom stereocenters. The van der Waals surface area contributed by atoms with Gasteiger partial charge in [-0.1, -0.05) is 6.07 Å². The first-order valence-electron chi connectivity index (χ1n) is 6.79. The number of hydrogen-bond acceptors (Lipinski definition) is 4. The summed E-state index contributed by atoms with van der Waals surface area (Å²) in [5.74, 6) is 0.919. The van der Waals surface area contributed by atoms with Crippen LogP contribution < -0.4 is 14.8 Å². The van der Waals surface area contributed by atoms with Crippen molar-refractivity contribution in [1.29, 1.82) is 0 Å². The molecule has 0 fully saturated rings. The van der Waals surface area contributed by atoms with Gasteiger partial charge in [0.15, 0.2) is 6.10 Å². The molecular formula is C17H17NO4. The van der Waals surface area contributed by atoms with Gasteiger partial charge >= 0.3 is 0 Å². The number of carbonyl (C=O) groups is 2. The van der Waals surface area contributed by atoms with Gasteiger partial charge < -0.3 is 14.8 Å². The standard InChI is InChI=1S/C17H17NO4/c1-12(22-15-8-6-13(11-19)7-9-15)17(20)18-14-4-3-5-16(10-14)21-2/h3-12H,1-2H3,(H,18,20). The van der Waals surface area contributed by atoms with Crippen LogP contribution in [0.3, 0.4) is 0 Å². The lowest BCUT2D eigenvalue weighted by atomic mass is 10.2. The Balaban J connectivity index is 1.97. The van der Waals surface area contributed by atoms with Gasteiger partial charge in [-0.3, -0.25) is 9.59 Å². The molecule has 0 aliphatic carbocycles. The number of ether oxygens (including phenoxy) is 2. The summed E-state index contributed by atoms with van der Waals surface area (Å²) in [6, 6.07) is 13.7. The Morgan fingerprint density at radius 3 is 2.50 bits per heavy atom. The molecule has 0 saturated heterocycles. The highest BCUT2D eigenvalue weighted by Gasteiger charge is 2.15. The molecule has 0 aliphatic heterocycles.